The van der Waals surface area contributed by atoms with Gasteiger partial charge in [0.15, 0.2) is 0 Å². The summed E-state index contributed by atoms with van der Waals surface area (Å²) in [4.78, 5) is 14.8. The summed E-state index contributed by atoms with van der Waals surface area (Å²) in [7, 11) is 0. The smallest absolute Gasteiger partial charge is 0.240 e. The van der Waals surface area contributed by atoms with Crippen molar-refractivity contribution in [1.29, 1.82) is 0 Å². The summed E-state index contributed by atoms with van der Waals surface area (Å²) in [5.41, 5.74) is 1.04. The predicted octanol–water partition coefficient (Wildman–Crippen LogP) is 3.63. The van der Waals surface area contributed by atoms with Crippen LogP contribution in [-0.4, -0.2) is 29.4 Å². The molecule has 114 valence electrons. The Morgan fingerprint density at radius 2 is 2.00 bits per heavy atom. The summed E-state index contributed by atoms with van der Waals surface area (Å²) < 4.78 is 0. The lowest BCUT2D eigenvalue weighted by Gasteiger charge is -2.30. The second-order valence-corrected chi connectivity index (χ2v) is 6.76. The number of carbonyl (C=O) groups excluding carboxylic acids is 1. The number of piperidine rings is 1. The topological polar surface area (TPSA) is 32.3 Å². The van der Waals surface area contributed by atoms with Crippen molar-refractivity contribution < 1.29 is 4.79 Å². The lowest BCUT2D eigenvalue weighted by molar-refractivity contribution is -0.135. The van der Waals surface area contributed by atoms with Crippen LogP contribution in [0.25, 0.3) is 0 Å². The van der Waals surface area contributed by atoms with Gasteiger partial charge >= 0.3 is 0 Å². The largest absolute Gasteiger partial charge is 0.334 e. The van der Waals surface area contributed by atoms with Gasteiger partial charge in [-0.2, -0.15) is 0 Å². The maximum atomic E-state index is 12.7. The van der Waals surface area contributed by atoms with E-state index < -0.39 is 0 Å². The molecule has 1 saturated carbocycles. The van der Waals surface area contributed by atoms with Gasteiger partial charge in [0.1, 0.15) is 0 Å². The molecule has 1 atom stereocenters. The maximum absolute atomic E-state index is 12.7. The van der Waals surface area contributed by atoms with Crippen molar-refractivity contribution in [2.75, 3.05) is 6.54 Å². The first-order valence-corrected chi connectivity index (χ1v) is 8.38. The number of hydrogen-bond donors (Lipinski definition) is 1. The van der Waals surface area contributed by atoms with Gasteiger partial charge < -0.3 is 10.2 Å². The maximum Gasteiger partial charge on any atom is 0.240 e. The van der Waals surface area contributed by atoms with Crippen molar-refractivity contribution in [2.24, 2.45) is 0 Å². The molecular weight excluding hydrogens is 307 g/mol. The second-order valence-electron chi connectivity index (χ2n) is 5.95. The SMILES string of the molecule is O=C(C1CCCCN1)N(Cc1ccc(Cl)c(Cl)c1)C1CC1. The van der Waals surface area contributed by atoms with Gasteiger partial charge in [0.05, 0.1) is 16.1 Å². The van der Waals surface area contributed by atoms with Crippen LogP contribution in [0.5, 0.6) is 0 Å². The Morgan fingerprint density at radius 1 is 1.19 bits per heavy atom. The first-order valence-electron chi connectivity index (χ1n) is 7.63. The summed E-state index contributed by atoms with van der Waals surface area (Å²) in [6.07, 6.45) is 5.47. The average molecular weight is 327 g/mol. The van der Waals surface area contributed by atoms with Crippen molar-refractivity contribution in [3.8, 4) is 0 Å². The number of nitrogens with zero attached hydrogens (tertiary/aromatic N) is 1. The van der Waals surface area contributed by atoms with Crippen LogP contribution >= 0.6 is 23.2 Å². The van der Waals surface area contributed by atoms with E-state index in [2.05, 4.69) is 5.32 Å². The van der Waals surface area contributed by atoms with Crippen LogP contribution in [0.3, 0.4) is 0 Å². The molecule has 1 aromatic carbocycles. The Morgan fingerprint density at radius 3 is 2.62 bits per heavy atom. The minimum absolute atomic E-state index is 0.0119. The molecule has 1 saturated heterocycles. The van der Waals surface area contributed by atoms with E-state index >= 15 is 0 Å². The number of halogens is 2. The molecular formula is C16H20Cl2N2O. The third-order valence-corrected chi connectivity index (χ3v) is 4.96. The monoisotopic (exact) mass is 326 g/mol. The highest BCUT2D eigenvalue weighted by Gasteiger charge is 2.36. The van der Waals surface area contributed by atoms with Gasteiger partial charge in [-0.15, -0.1) is 0 Å². The Bertz CT molecular complexity index is 525. The molecule has 1 unspecified atom stereocenters. The first-order chi connectivity index (χ1) is 10.1. The number of rotatable bonds is 4. The van der Waals surface area contributed by atoms with Gasteiger partial charge in [-0.25, -0.2) is 0 Å². The Balaban J connectivity index is 1.71. The third-order valence-electron chi connectivity index (χ3n) is 4.22. The third kappa shape index (κ3) is 3.71. The fourth-order valence-electron chi connectivity index (χ4n) is 2.87. The highest BCUT2D eigenvalue weighted by molar-refractivity contribution is 6.42. The number of benzene rings is 1. The second kappa shape index (κ2) is 6.55. The van der Waals surface area contributed by atoms with E-state index in [1.807, 2.05) is 17.0 Å². The standard InChI is InChI=1S/C16H20Cl2N2O/c17-13-7-4-11(9-14(13)18)10-20(12-5-6-12)16(21)15-3-1-2-8-19-15/h4,7,9,12,15,19H,1-3,5-6,8,10H2. The Kier molecular flexibility index (Phi) is 4.72. The van der Waals surface area contributed by atoms with E-state index in [1.165, 1.54) is 6.42 Å². The van der Waals surface area contributed by atoms with Gasteiger partial charge in [-0.3, -0.25) is 4.79 Å². The Labute approximate surface area is 135 Å². The van der Waals surface area contributed by atoms with Crippen LogP contribution in [-0.2, 0) is 11.3 Å². The van der Waals surface area contributed by atoms with Crippen molar-refractivity contribution in [3.63, 3.8) is 0 Å². The Hall–Kier alpha value is -0.770. The number of nitrogens with one attached hydrogen (secondary N) is 1. The van der Waals surface area contributed by atoms with Crippen molar-refractivity contribution in [1.82, 2.24) is 10.2 Å². The molecule has 1 aliphatic heterocycles. The van der Waals surface area contributed by atoms with Gasteiger partial charge in [0, 0.05) is 12.6 Å². The highest BCUT2D eigenvalue weighted by atomic mass is 35.5. The van der Waals surface area contributed by atoms with Gasteiger partial charge in [0.25, 0.3) is 0 Å². The summed E-state index contributed by atoms with van der Waals surface area (Å²) in [6.45, 7) is 1.57. The number of hydrogen-bond acceptors (Lipinski definition) is 2. The van der Waals surface area contributed by atoms with E-state index in [9.17, 15) is 4.79 Å². The molecule has 5 heteroatoms. The van der Waals surface area contributed by atoms with E-state index in [4.69, 9.17) is 23.2 Å². The highest BCUT2D eigenvalue weighted by Crippen LogP contribution is 2.31. The number of amides is 1. The van der Waals surface area contributed by atoms with E-state index in [0.717, 1.165) is 37.8 Å². The molecule has 3 rings (SSSR count). The summed E-state index contributed by atoms with van der Waals surface area (Å²) >= 11 is 12.0. The van der Waals surface area contributed by atoms with Crippen LogP contribution in [0, 0.1) is 0 Å². The molecule has 1 heterocycles. The molecule has 1 aliphatic carbocycles. The molecule has 1 aromatic rings. The fourth-order valence-corrected chi connectivity index (χ4v) is 3.19. The lowest BCUT2D eigenvalue weighted by Crippen LogP contribution is -2.49. The van der Waals surface area contributed by atoms with E-state index in [-0.39, 0.29) is 11.9 Å². The molecule has 0 bridgehead atoms. The average Bonchev–Trinajstić information content (AvgIpc) is 3.33. The van der Waals surface area contributed by atoms with Gasteiger partial charge in [0.2, 0.25) is 5.91 Å². The summed E-state index contributed by atoms with van der Waals surface area (Å²) in [5, 5.41) is 4.45. The lowest BCUT2D eigenvalue weighted by atomic mass is 10.0. The van der Waals surface area contributed by atoms with Gasteiger partial charge in [-0.05, 0) is 49.9 Å². The van der Waals surface area contributed by atoms with Crippen molar-refractivity contribution >= 4 is 29.1 Å². The zero-order chi connectivity index (χ0) is 14.8. The molecule has 2 aliphatic rings. The zero-order valence-corrected chi connectivity index (χ0v) is 13.5. The van der Waals surface area contributed by atoms with Crippen LogP contribution in [0.15, 0.2) is 18.2 Å². The van der Waals surface area contributed by atoms with E-state index in [1.54, 1.807) is 6.07 Å². The summed E-state index contributed by atoms with van der Waals surface area (Å²) in [6, 6.07) is 6.00. The summed E-state index contributed by atoms with van der Waals surface area (Å²) in [5.74, 6) is 0.239. The molecule has 0 radical (unpaired) electrons. The molecule has 2 fully saturated rings. The molecule has 0 spiro atoms. The van der Waals surface area contributed by atoms with Crippen molar-refractivity contribution in [3.05, 3.63) is 33.8 Å². The minimum atomic E-state index is -0.0119. The van der Waals surface area contributed by atoms with E-state index in [0.29, 0.717) is 22.6 Å². The molecule has 21 heavy (non-hydrogen) atoms. The molecule has 0 aromatic heterocycles. The molecule has 1 N–H and O–H groups in total. The predicted molar refractivity (Wildman–Crippen MR) is 85.7 cm³/mol. The molecule has 3 nitrogen and oxygen atoms in total. The fraction of sp³-hybridized carbons (Fsp3) is 0.562. The van der Waals surface area contributed by atoms with Crippen molar-refractivity contribution in [2.45, 2.75) is 50.7 Å². The zero-order valence-electron chi connectivity index (χ0n) is 11.9. The normalized spacial score (nSPS) is 22.1. The number of carbonyl (C=O) groups is 1. The van der Waals surface area contributed by atoms with Gasteiger partial charge in [-0.1, -0.05) is 35.7 Å². The van der Waals surface area contributed by atoms with Crippen LogP contribution in [0.1, 0.15) is 37.7 Å². The van der Waals surface area contributed by atoms with Crippen LogP contribution in [0.2, 0.25) is 10.0 Å². The first kappa shape index (κ1) is 15.1. The quantitative estimate of drug-likeness (QED) is 0.916. The minimum Gasteiger partial charge on any atom is -0.334 e. The molecule has 1 amide bonds. The van der Waals surface area contributed by atoms with Crippen LogP contribution < -0.4 is 5.32 Å². The van der Waals surface area contributed by atoms with Crippen LogP contribution in [0.4, 0.5) is 0 Å².